The molecular weight excluding hydrogens is 342 g/mol. The normalized spacial score (nSPS) is 18.2. The lowest BCUT2D eigenvalue weighted by Gasteiger charge is -2.38. The zero-order valence-electron chi connectivity index (χ0n) is 16.5. The van der Waals surface area contributed by atoms with Gasteiger partial charge in [-0.1, -0.05) is 0 Å². The van der Waals surface area contributed by atoms with Crippen LogP contribution < -0.4 is 5.43 Å². The van der Waals surface area contributed by atoms with E-state index in [2.05, 4.69) is 5.43 Å². The highest BCUT2D eigenvalue weighted by molar-refractivity contribution is 5.90. The Labute approximate surface area is 153 Å². The summed E-state index contributed by atoms with van der Waals surface area (Å²) in [4.78, 5) is 50.1. The molecule has 0 spiro atoms. The van der Waals surface area contributed by atoms with E-state index < -0.39 is 29.4 Å². The van der Waals surface area contributed by atoms with Gasteiger partial charge in [0.1, 0.15) is 17.2 Å². The number of hydrazine groups is 1. The van der Waals surface area contributed by atoms with E-state index in [9.17, 15) is 19.2 Å². The first-order valence-corrected chi connectivity index (χ1v) is 8.49. The van der Waals surface area contributed by atoms with Gasteiger partial charge in [-0.25, -0.2) is 20.0 Å². The third-order valence-corrected chi connectivity index (χ3v) is 3.35. The molecule has 1 N–H and O–H groups in total. The van der Waals surface area contributed by atoms with Gasteiger partial charge in [0.2, 0.25) is 5.91 Å². The topological polar surface area (TPSA) is 105 Å². The Bertz CT molecular complexity index is 576. The molecule has 1 atom stereocenters. The number of likely N-dealkylation sites (tertiary alicyclic amines) is 1. The van der Waals surface area contributed by atoms with Crippen LogP contribution >= 0.6 is 0 Å². The molecule has 26 heavy (non-hydrogen) atoms. The summed E-state index contributed by atoms with van der Waals surface area (Å²) in [6.07, 6.45) is -1.71. The van der Waals surface area contributed by atoms with Crippen molar-refractivity contribution in [2.45, 2.75) is 72.1 Å². The standard InChI is InChI=1S/C17H29N3O6/c1-11(21)19-9-8-13(22)12(10-19)20(15(24)26-17(5,6)7)18-14(23)25-16(2,3)4/h12H,8-10H2,1-7H3,(H,18,23). The smallest absolute Gasteiger partial charge is 0.430 e. The van der Waals surface area contributed by atoms with Crippen molar-refractivity contribution >= 4 is 23.9 Å². The summed E-state index contributed by atoms with van der Waals surface area (Å²) in [5.41, 5.74) is 0.678. The zero-order chi connectivity index (χ0) is 20.3. The van der Waals surface area contributed by atoms with E-state index in [0.29, 0.717) is 0 Å². The maximum atomic E-state index is 12.6. The van der Waals surface area contributed by atoms with Gasteiger partial charge in [-0.15, -0.1) is 0 Å². The van der Waals surface area contributed by atoms with E-state index in [1.54, 1.807) is 41.5 Å². The average Bonchev–Trinajstić information content (AvgIpc) is 2.41. The van der Waals surface area contributed by atoms with Crippen LogP contribution in [0.5, 0.6) is 0 Å². The second-order valence-corrected chi connectivity index (χ2v) is 8.16. The molecule has 0 aliphatic carbocycles. The summed E-state index contributed by atoms with van der Waals surface area (Å²) < 4.78 is 10.4. The van der Waals surface area contributed by atoms with Gasteiger partial charge in [0.25, 0.3) is 0 Å². The summed E-state index contributed by atoms with van der Waals surface area (Å²) in [6, 6.07) is -1.05. The molecule has 9 heteroatoms. The summed E-state index contributed by atoms with van der Waals surface area (Å²) in [5, 5.41) is 0.816. The molecule has 3 amide bonds. The minimum Gasteiger partial charge on any atom is -0.443 e. The Morgan fingerprint density at radius 1 is 1.08 bits per heavy atom. The molecule has 0 bridgehead atoms. The lowest BCUT2D eigenvalue weighted by molar-refractivity contribution is -0.137. The van der Waals surface area contributed by atoms with Crippen LogP contribution in [0.1, 0.15) is 54.9 Å². The van der Waals surface area contributed by atoms with Crippen molar-refractivity contribution < 1.29 is 28.7 Å². The molecule has 1 aliphatic rings. The van der Waals surface area contributed by atoms with Crippen molar-refractivity contribution in [3.63, 3.8) is 0 Å². The Balaban J connectivity index is 3.05. The van der Waals surface area contributed by atoms with Gasteiger partial charge in [0.15, 0.2) is 5.78 Å². The predicted molar refractivity (Wildman–Crippen MR) is 93.1 cm³/mol. The first-order chi connectivity index (χ1) is 11.7. The SMILES string of the molecule is CC(=O)N1CCC(=O)C(N(NC(=O)OC(C)(C)C)C(=O)OC(C)(C)C)C1. The minimum atomic E-state index is -1.05. The Hall–Kier alpha value is -2.32. The van der Waals surface area contributed by atoms with E-state index >= 15 is 0 Å². The Morgan fingerprint density at radius 2 is 1.62 bits per heavy atom. The third kappa shape index (κ3) is 6.89. The van der Waals surface area contributed by atoms with Crippen LogP contribution in [0.25, 0.3) is 0 Å². The van der Waals surface area contributed by atoms with Crippen LogP contribution in [0, 0.1) is 0 Å². The summed E-state index contributed by atoms with van der Waals surface area (Å²) >= 11 is 0. The number of rotatable bonds is 1. The molecule has 1 saturated heterocycles. The lowest BCUT2D eigenvalue weighted by Crippen LogP contribution is -2.62. The van der Waals surface area contributed by atoms with Crippen LogP contribution in [0.3, 0.4) is 0 Å². The fraction of sp³-hybridized carbons (Fsp3) is 0.765. The minimum absolute atomic E-state index is 0.0246. The molecule has 0 saturated carbocycles. The number of piperidine rings is 1. The number of hydrogen-bond donors (Lipinski definition) is 1. The fourth-order valence-corrected chi connectivity index (χ4v) is 2.29. The van der Waals surface area contributed by atoms with Crippen molar-refractivity contribution in [3.05, 3.63) is 0 Å². The van der Waals surface area contributed by atoms with Gasteiger partial charge in [-0.3, -0.25) is 9.59 Å². The van der Waals surface area contributed by atoms with Gasteiger partial charge in [-0.2, -0.15) is 0 Å². The third-order valence-electron chi connectivity index (χ3n) is 3.35. The van der Waals surface area contributed by atoms with Crippen LogP contribution in [0.2, 0.25) is 0 Å². The first kappa shape index (κ1) is 21.7. The molecule has 0 aromatic rings. The van der Waals surface area contributed by atoms with Crippen LogP contribution in [0.4, 0.5) is 9.59 Å². The predicted octanol–water partition coefficient (Wildman–Crippen LogP) is 1.85. The molecule has 1 rings (SSSR count). The van der Waals surface area contributed by atoms with Crippen LogP contribution in [-0.4, -0.2) is 64.1 Å². The monoisotopic (exact) mass is 371 g/mol. The maximum absolute atomic E-state index is 12.6. The fourth-order valence-electron chi connectivity index (χ4n) is 2.29. The largest absolute Gasteiger partial charge is 0.443 e. The Morgan fingerprint density at radius 3 is 2.08 bits per heavy atom. The highest BCUT2D eigenvalue weighted by atomic mass is 16.6. The number of hydrogen-bond acceptors (Lipinski definition) is 6. The first-order valence-electron chi connectivity index (χ1n) is 8.49. The number of Topliss-reactive ketones (excluding diaryl/α,β-unsaturated/α-hetero) is 1. The quantitative estimate of drug-likeness (QED) is 0.705. The molecule has 1 unspecified atom stereocenters. The molecule has 9 nitrogen and oxygen atoms in total. The summed E-state index contributed by atoms with van der Waals surface area (Å²) in [6.45, 7) is 11.7. The van der Waals surface area contributed by atoms with E-state index in [1.807, 2.05) is 0 Å². The van der Waals surface area contributed by atoms with E-state index in [0.717, 1.165) is 5.01 Å². The summed E-state index contributed by atoms with van der Waals surface area (Å²) in [7, 11) is 0. The number of carbonyl (C=O) groups is 4. The second-order valence-electron chi connectivity index (χ2n) is 8.16. The molecule has 1 aliphatic heterocycles. The van der Waals surface area contributed by atoms with Crippen molar-refractivity contribution in [2.75, 3.05) is 13.1 Å². The van der Waals surface area contributed by atoms with E-state index in [4.69, 9.17) is 9.47 Å². The number of amides is 3. The van der Waals surface area contributed by atoms with Crippen LogP contribution in [0.15, 0.2) is 0 Å². The molecule has 0 aromatic heterocycles. The van der Waals surface area contributed by atoms with Gasteiger partial charge < -0.3 is 14.4 Å². The van der Waals surface area contributed by atoms with E-state index in [-0.39, 0.29) is 31.2 Å². The lowest BCUT2D eigenvalue weighted by atomic mass is 10.0. The van der Waals surface area contributed by atoms with E-state index in [1.165, 1.54) is 11.8 Å². The second kappa shape index (κ2) is 7.92. The zero-order valence-corrected chi connectivity index (χ0v) is 16.5. The highest BCUT2D eigenvalue weighted by Gasteiger charge is 2.39. The van der Waals surface area contributed by atoms with Gasteiger partial charge in [-0.05, 0) is 41.5 Å². The Kier molecular flexibility index (Phi) is 6.62. The van der Waals surface area contributed by atoms with Gasteiger partial charge in [0, 0.05) is 19.9 Å². The molecule has 1 fully saturated rings. The number of nitrogens with one attached hydrogen (secondary N) is 1. The number of ketones is 1. The maximum Gasteiger partial charge on any atom is 0.430 e. The van der Waals surface area contributed by atoms with Crippen molar-refractivity contribution in [1.82, 2.24) is 15.3 Å². The summed E-state index contributed by atoms with van der Waals surface area (Å²) in [5.74, 6) is -0.492. The van der Waals surface area contributed by atoms with Crippen molar-refractivity contribution in [3.8, 4) is 0 Å². The van der Waals surface area contributed by atoms with Gasteiger partial charge >= 0.3 is 12.2 Å². The molecular formula is C17H29N3O6. The number of ether oxygens (including phenoxy) is 2. The molecule has 0 radical (unpaired) electrons. The number of nitrogens with zero attached hydrogens (tertiary/aromatic N) is 2. The molecule has 0 aromatic carbocycles. The van der Waals surface area contributed by atoms with Crippen molar-refractivity contribution in [2.24, 2.45) is 0 Å². The number of carbonyl (C=O) groups excluding carboxylic acids is 4. The molecule has 148 valence electrons. The highest BCUT2D eigenvalue weighted by Crippen LogP contribution is 2.17. The van der Waals surface area contributed by atoms with Crippen LogP contribution in [-0.2, 0) is 19.1 Å². The van der Waals surface area contributed by atoms with Gasteiger partial charge in [0.05, 0.1) is 6.54 Å². The molecule has 1 heterocycles. The average molecular weight is 371 g/mol. The van der Waals surface area contributed by atoms with Crippen molar-refractivity contribution in [1.29, 1.82) is 0 Å².